The molecule has 2 heterocycles. The first-order valence-electron chi connectivity index (χ1n) is 12.3. The summed E-state index contributed by atoms with van der Waals surface area (Å²) in [5, 5.41) is 8.56. The average Bonchev–Trinajstić information content (AvgIpc) is 2.90. The van der Waals surface area contributed by atoms with Crippen molar-refractivity contribution in [2.24, 2.45) is 0 Å². The Hall–Kier alpha value is -2.93. The van der Waals surface area contributed by atoms with Gasteiger partial charge in [-0.1, -0.05) is 46.4 Å². The van der Waals surface area contributed by atoms with Gasteiger partial charge >= 0.3 is 18.0 Å². The second-order valence-electron chi connectivity index (χ2n) is 8.93. The summed E-state index contributed by atoms with van der Waals surface area (Å²) in [6.07, 6.45) is 1.19. The summed E-state index contributed by atoms with van der Waals surface area (Å²) in [6, 6.07) is 5.17. The number of pyridine rings is 1. The molecular formula is C24H29Cl4N7O5. The molecule has 1 aliphatic heterocycles. The van der Waals surface area contributed by atoms with Crippen molar-refractivity contribution in [3.63, 3.8) is 0 Å². The van der Waals surface area contributed by atoms with Crippen LogP contribution in [0.1, 0.15) is 19.3 Å². The van der Waals surface area contributed by atoms with Crippen LogP contribution in [0.15, 0.2) is 24.3 Å². The summed E-state index contributed by atoms with van der Waals surface area (Å²) in [6.45, 7) is 2.12. The fourth-order valence-electron chi connectivity index (χ4n) is 4.14. The Morgan fingerprint density at radius 2 is 1.80 bits per heavy atom. The van der Waals surface area contributed by atoms with Crippen molar-refractivity contribution in [3.05, 3.63) is 29.3 Å². The predicted octanol–water partition coefficient (Wildman–Crippen LogP) is 3.21. The van der Waals surface area contributed by atoms with Crippen LogP contribution >= 0.6 is 46.4 Å². The molecule has 40 heavy (non-hydrogen) atoms. The molecule has 1 fully saturated rings. The maximum absolute atomic E-state index is 13.0. The number of carbonyl (C=O) groups is 4. The van der Waals surface area contributed by atoms with Crippen molar-refractivity contribution in [1.82, 2.24) is 25.8 Å². The maximum atomic E-state index is 13.0. The van der Waals surface area contributed by atoms with E-state index in [0.29, 0.717) is 55.4 Å². The SMILES string of the molecule is COC(=O)[C@H](CCCCNC(=O)NC(=O)C(Cl)(Cl)Cl)NC(=O)N1CCN(c2cc(N)nc3cc(Cl)ccc23)CC1. The van der Waals surface area contributed by atoms with Gasteiger partial charge in [-0.05, 0) is 37.5 Å². The zero-order chi connectivity index (χ0) is 29.4. The fourth-order valence-corrected chi connectivity index (χ4v) is 4.45. The fraction of sp³-hybridized carbons (Fsp3) is 0.458. The Balaban J connectivity index is 1.48. The standard InChI is InChI=1S/C24H29Cl4N7O5/c1-40-20(36)16(4-2-3-7-30-22(38)33-21(37)24(26,27)28)32-23(39)35-10-8-34(9-11-35)18-13-19(29)31-17-12-14(25)5-6-15(17)18/h5-6,12-13,16H,2-4,7-11H2,1H3,(H2,29,31)(H,32,39)(H2,30,33,37,38)/t16-/m0/s1. The number of halogens is 4. The molecule has 5 N–H and O–H groups in total. The van der Waals surface area contributed by atoms with Gasteiger partial charge < -0.3 is 30.9 Å². The smallest absolute Gasteiger partial charge is 0.328 e. The number of ether oxygens (including phenoxy) is 1. The number of benzene rings is 1. The van der Waals surface area contributed by atoms with Crippen LogP contribution in [0.3, 0.4) is 0 Å². The molecule has 1 aromatic carbocycles. The third kappa shape index (κ3) is 8.79. The average molecular weight is 637 g/mol. The number of unbranched alkanes of at least 4 members (excludes halogenated alkanes) is 1. The Morgan fingerprint density at radius 3 is 2.45 bits per heavy atom. The van der Waals surface area contributed by atoms with Crippen LogP contribution in [0.5, 0.6) is 0 Å². The van der Waals surface area contributed by atoms with Crippen molar-refractivity contribution in [3.8, 4) is 0 Å². The van der Waals surface area contributed by atoms with Crippen LogP contribution in [-0.4, -0.2) is 83.5 Å². The highest BCUT2D eigenvalue weighted by atomic mass is 35.6. The number of hydrogen-bond acceptors (Lipinski definition) is 8. The number of rotatable bonds is 8. The van der Waals surface area contributed by atoms with E-state index >= 15 is 0 Å². The van der Waals surface area contributed by atoms with E-state index < -0.39 is 27.7 Å². The minimum atomic E-state index is -2.26. The molecule has 12 nitrogen and oxygen atoms in total. The van der Waals surface area contributed by atoms with Gasteiger partial charge in [-0.25, -0.2) is 19.4 Å². The molecule has 1 saturated heterocycles. The van der Waals surface area contributed by atoms with Crippen molar-refractivity contribution in [1.29, 1.82) is 0 Å². The molecule has 1 aliphatic rings. The molecule has 218 valence electrons. The van der Waals surface area contributed by atoms with E-state index in [1.165, 1.54) is 7.11 Å². The number of methoxy groups -OCH3 is 1. The van der Waals surface area contributed by atoms with Gasteiger partial charge in [0.1, 0.15) is 11.9 Å². The number of hydrogen-bond donors (Lipinski definition) is 4. The van der Waals surface area contributed by atoms with Crippen LogP contribution in [0, 0.1) is 0 Å². The molecular weight excluding hydrogens is 608 g/mol. The van der Waals surface area contributed by atoms with Crippen LogP contribution in [0.4, 0.5) is 21.1 Å². The molecule has 0 radical (unpaired) electrons. The highest BCUT2D eigenvalue weighted by Crippen LogP contribution is 2.30. The summed E-state index contributed by atoms with van der Waals surface area (Å²) in [4.78, 5) is 56.5. The molecule has 3 rings (SSSR count). The number of nitrogens with two attached hydrogens (primary N) is 1. The largest absolute Gasteiger partial charge is 0.467 e. The summed E-state index contributed by atoms with van der Waals surface area (Å²) in [7, 11) is 1.24. The van der Waals surface area contributed by atoms with Crippen molar-refractivity contribution in [2.75, 3.05) is 50.5 Å². The number of carbonyl (C=O) groups excluding carboxylic acids is 4. The lowest BCUT2D eigenvalue weighted by Gasteiger charge is -2.37. The highest BCUT2D eigenvalue weighted by Gasteiger charge is 2.32. The molecule has 0 unspecified atom stereocenters. The number of alkyl halides is 3. The van der Waals surface area contributed by atoms with Crippen molar-refractivity contribution < 1.29 is 23.9 Å². The number of nitrogen functional groups attached to an aromatic ring is 1. The molecule has 16 heteroatoms. The third-order valence-corrected chi connectivity index (χ3v) is 6.90. The van der Waals surface area contributed by atoms with Crippen LogP contribution in [-0.2, 0) is 14.3 Å². The first kappa shape index (κ1) is 31.6. The van der Waals surface area contributed by atoms with E-state index in [1.807, 2.05) is 11.4 Å². The number of amides is 5. The van der Waals surface area contributed by atoms with Gasteiger partial charge in [-0.2, -0.15) is 0 Å². The van der Waals surface area contributed by atoms with Gasteiger partial charge in [0, 0.05) is 54.9 Å². The summed E-state index contributed by atoms with van der Waals surface area (Å²) >= 11 is 22.3. The lowest BCUT2D eigenvalue weighted by molar-refractivity contribution is -0.143. The van der Waals surface area contributed by atoms with Gasteiger partial charge in [0.2, 0.25) is 0 Å². The zero-order valence-electron chi connectivity index (χ0n) is 21.5. The van der Waals surface area contributed by atoms with Gasteiger partial charge in [-0.3, -0.25) is 10.1 Å². The minimum absolute atomic E-state index is 0.184. The lowest BCUT2D eigenvalue weighted by atomic mass is 10.1. The predicted molar refractivity (Wildman–Crippen MR) is 155 cm³/mol. The van der Waals surface area contributed by atoms with Gasteiger partial charge in [0.05, 0.1) is 12.6 Å². The molecule has 0 saturated carbocycles. The Labute approximate surface area is 250 Å². The molecule has 5 amide bonds. The van der Waals surface area contributed by atoms with Gasteiger partial charge in [-0.15, -0.1) is 0 Å². The molecule has 0 bridgehead atoms. The summed E-state index contributed by atoms with van der Waals surface area (Å²) in [5.74, 6) is -1.28. The first-order valence-corrected chi connectivity index (χ1v) is 13.8. The zero-order valence-corrected chi connectivity index (χ0v) is 24.5. The number of anilines is 2. The van der Waals surface area contributed by atoms with E-state index in [9.17, 15) is 19.2 Å². The van der Waals surface area contributed by atoms with Gasteiger partial charge in [0.15, 0.2) is 0 Å². The second-order valence-corrected chi connectivity index (χ2v) is 11.6. The minimum Gasteiger partial charge on any atom is -0.467 e. The van der Waals surface area contributed by atoms with E-state index in [0.717, 1.165) is 11.1 Å². The van der Waals surface area contributed by atoms with Crippen LogP contribution < -0.4 is 26.6 Å². The van der Waals surface area contributed by atoms with E-state index in [2.05, 4.69) is 20.5 Å². The van der Waals surface area contributed by atoms with Gasteiger partial charge in [0.25, 0.3) is 9.70 Å². The second kappa shape index (κ2) is 14.1. The molecule has 1 atom stereocenters. The van der Waals surface area contributed by atoms with E-state index in [1.54, 1.807) is 23.1 Å². The molecule has 1 aromatic heterocycles. The lowest BCUT2D eigenvalue weighted by Crippen LogP contribution is -2.55. The van der Waals surface area contributed by atoms with E-state index in [-0.39, 0.29) is 19.0 Å². The Kier molecular flexibility index (Phi) is 11.1. The quantitative estimate of drug-likeness (QED) is 0.195. The number of imide groups is 1. The monoisotopic (exact) mass is 635 g/mol. The molecule has 0 spiro atoms. The summed E-state index contributed by atoms with van der Waals surface area (Å²) in [5.41, 5.74) is 7.61. The normalized spacial score (nSPS) is 14.4. The van der Waals surface area contributed by atoms with Crippen molar-refractivity contribution in [2.45, 2.75) is 29.1 Å². The number of nitrogens with one attached hydrogen (secondary N) is 3. The number of piperazine rings is 1. The third-order valence-electron chi connectivity index (χ3n) is 6.15. The molecule has 0 aliphatic carbocycles. The topological polar surface area (TPSA) is 159 Å². The van der Waals surface area contributed by atoms with Crippen molar-refractivity contribution >= 4 is 92.8 Å². The highest BCUT2D eigenvalue weighted by molar-refractivity contribution is 6.76. The maximum Gasteiger partial charge on any atom is 0.328 e. The van der Waals surface area contributed by atoms with E-state index in [4.69, 9.17) is 56.9 Å². The number of esters is 1. The number of nitrogens with zero attached hydrogens (tertiary/aromatic N) is 3. The Bertz CT molecular complexity index is 1250. The van der Waals surface area contributed by atoms with Crippen LogP contribution in [0.2, 0.25) is 5.02 Å². The first-order chi connectivity index (χ1) is 18.9. The number of fused-ring (bicyclic) bond motifs is 1. The van der Waals surface area contributed by atoms with Crippen LogP contribution in [0.25, 0.3) is 10.9 Å². The number of urea groups is 2. The molecule has 2 aromatic rings. The summed E-state index contributed by atoms with van der Waals surface area (Å²) < 4.78 is 2.59. The number of aromatic nitrogens is 1. The Morgan fingerprint density at radius 1 is 1.10 bits per heavy atom.